The van der Waals surface area contributed by atoms with E-state index in [4.69, 9.17) is 0 Å². The van der Waals surface area contributed by atoms with Gasteiger partial charge in [-0.15, -0.1) is 11.3 Å². The first-order valence-corrected chi connectivity index (χ1v) is 9.05. The van der Waals surface area contributed by atoms with E-state index in [0.29, 0.717) is 21.8 Å². The number of phenols is 1. The summed E-state index contributed by atoms with van der Waals surface area (Å²) >= 11 is 1.43. The lowest BCUT2D eigenvalue weighted by molar-refractivity contribution is 0.471. The molecule has 0 aliphatic carbocycles. The van der Waals surface area contributed by atoms with Crippen LogP contribution in [0, 0.1) is 18.6 Å². The van der Waals surface area contributed by atoms with Crippen molar-refractivity contribution in [3.05, 3.63) is 82.5 Å². The lowest BCUT2D eigenvalue weighted by atomic mass is 9.96. The molecular weight excluding hydrogens is 368 g/mol. The van der Waals surface area contributed by atoms with E-state index in [1.165, 1.54) is 17.4 Å². The van der Waals surface area contributed by atoms with Crippen LogP contribution in [0.1, 0.15) is 22.0 Å². The quantitative estimate of drug-likeness (QED) is 0.509. The fraction of sp³-hybridized carbons (Fsp3) is 0.100. The number of nitrogens with zero attached hydrogens (tertiary/aromatic N) is 2. The highest BCUT2D eigenvalue weighted by Crippen LogP contribution is 2.37. The van der Waals surface area contributed by atoms with Crippen molar-refractivity contribution in [3.63, 3.8) is 0 Å². The number of thiazole rings is 1. The van der Waals surface area contributed by atoms with E-state index in [1.807, 2.05) is 19.1 Å². The van der Waals surface area contributed by atoms with Crippen LogP contribution in [-0.2, 0) is 0 Å². The van der Waals surface area contributed by atoms with E-state index >= 15 is 0 Å². The van der Waals surface area contributed by atoms with Crippen molar-refractivity contribution >= 4 is 27.4 Å². The minimum atomic E-state index is -0.951. The van der Waals surface area contributed by atoms with Gasteiger partial charge in [0.2, 0.25) is 0 Å². The summed E-state index contributed by atoms with van der Waals surface area (Å²) in [6, 6.07) is 10.3. The van der Waals surface area contributed by atoms with E-state index in [9.17, 15) is 13.9 Å². The summed E-state index contributed by atoms with van der Waals surface area (Å²) < 4.78 is 27.3. The number of nitrogens with one attached hydrogen (secondary N) is 1. The van der Waals surface area contributed by atoms with Gasteiger partial charge < -0.3 is 10.4 Å². The van der Waals surface area contributed by atoms with E-state index in [1.54, 1.807) is 24.5 Å². The number of aryl methyl sites for hydroxylation is 1. The van der Waals surface area contributed by atoms with Gasteiger partial charge in [-0.05, 0) is 30.7 Å². The van der Waals surface area contributed by atoms with E-state index in [0.717, 1.165) is 22.4 Å². The van der Waals surface area contributed by atoms with Gasteiger partial charge in [-0.25, -0.2) is 13.8 Å². The zero-order valence-corrected chi connectivity index (χ0v) is 15.1. The maximum atomic E-state index is 13.9. The lowest BCUT2D eigenvalue weighted by Gasteiger charge is -2.21. The molecule has 2 N–H and O–H groups in total. The number of aromatic nitrogens is 2. The van der Waals surface area contributed by atoms with Crippen molar-refractivity contribution in [2.24, 2.45) is 0 Å². The van der Waals surface area contributed by atoms with Crippen molar-refractivity contribution in [1.29, 1.82) is 0 Å². The van der Waals surface area contributed by atoms with Gasteiger partial charge in [0, 0.05) is 28.2 Å². The number of phenolic OH excluding ortho intramolecular Hbond substituents is 1. The number of fused-ring (bicyclic) bond motifs is 1. The second-order valence-electron chi connectivity index (χ2n) is 6.11. The fourth-order valence-corrected chi connectivity index (χ4v) is 3.65. The summed E-state index contributed by atoms with van der Waals surface area (Å²) in [6.07, 6.45) is 3.31. The predicted octanol–water partition coefficient (Wildman–Crippen LogP) is 5.19. The number of rotatable bonds is 4. The van der Waals surface area contributed by atoms with Crippen molar-refractivity contribution in [2.45, 2.75) is 13.0 Å². The van der Waals surface area contributed by atoms with Crippen LogP contribution < -0.4 is 5.32 Å². The Balaban J connectivity index is 1.86. The molecule has 27 heavy (non-hydrogen) atoms. The molecule has 0 saturated carbocycles. The van der Waals surface area contributed by atoms with E-state index in [-0.39, 0.29) is 5.75 Å². The third-order valence-electron chi connectivity index (χ3n) is 4.26. The molecule has 2 aromatic heterocycles. The fourth-order valence-electron chi connectivity index (χ4n) is 2.96. The van der Waals surface area contributed by atoms with Crippen LogP contribution in [0.4, 0.5) is 13.9 Å². The summed E-state index contributed by atoms with van der Waals surface area (Å²) in [4.78, 5) is 9.52. The Bertz CT molecular complexity index is 1130. The molecule has 4 aromatic rings. The predicted molar refractivity (Wildman–Crippen MR) is 102 cm³/mol. The maximum Gasteiger partial charge on any atom is 0.183 e. The van der Waals surface area contributed by atoms with Crippen LogP contribution in [-0.4, -0.2) is 15.1 Å². The molecule has 0 aliphatic heterocycles. The van der Waals surface area contributed by atoms with Crippen molar-refractivity contribution in [2.75, 3.05) is 5.32 Å². The molecule has 0 fully saturated rings. The highest BCUT2D eigenvalue weighted by atomic mass is 32.1. The summed E-state index contributed by atoms with van der Waals surface area (Å²) in [5, 5.41) is 15.4. The average molecular weight is 383 g/mol. The number of halogens is 2. The number of benzene rings is 2. The van der Waals surface area contributed by atoms with Gasteiger partial charge in [0.15, 0.2) is 16.8 Å². The second-order valence-corrected chi connectivity index (χ2v) is 7.34. The Morgan fingerprint density at radius 1 is 1.07 bits per heavy atom. The molecule has 1 unspecified atom stereocenters. The largest absolute Gasteiger partial charge is 0.505 e. The van der Waals surface area contributed by atoms with Crippen LogP contribution in [0.3, 0.4) is 0 Å². The molecule has 2 aromatic carbocycles. The first kappa shape index (κ1) is 17.4. The Kier molecular flexibility index (Phi) is 4.45. The summed E-state index contributed by atoms with van der Waals surface area (Å²) in [7, 11) is 0. The van der Waals surface area contributed by atoms with Crippen molar-refractivity contribution in [3.8, 4) is 5.75 Å². The molecular formula is C20H15F2N3OS. The molecule has 0 spiro atoms. The van der Waals surface area contributed by atoms with Gasteiger partial charge in [-0.1, -0.05) is 24.3 Å². The monoisotopic (exact) mass is 383 g/mol. The van der Waals surface area contributed by atoms with Gasteiger partial charge in [0.1, 0.15) is 11.3 Å². The summed E-state index contributed by atoms with van der Waals surface area (Å²) in [5.74, 6) is -1.89. The number of aromatic hydroxyl groups is 1. The normalized spacial score (nSPS) is 12.3. The molecule has 0 aliphatic rings. The SMILES string of the molecule is Cc1cnc(NC(c2ccc(F)c(F)c2)c2ccc3cccnc3c2O)s1. The highest BCUT2D eigenvalue weighted by molar-refractivity contribution is 7.15. The molecule has 0 radical (unpaired) electrons. The number of pyridine rings is 1. The summed E-state index contributed by atoms with van der Waals surface area (Å²) in [5.41, 5.74) is 1.41. The van der Waals surface area contributed by atoms with E-state index in [2.05, 4.69) is 15.3 Å². The molecule has 4 nitrogen and oxygen atoms in total. The topological polar surface area (TPSA) is 58.0 Å². The average Bonchev–Trinajstić information content (AvgIpc) is 3.08. The molecule has 136 valence electrons. The Morgan fingerprint density at radius 3 is 2.67 bits per heavy atom. The minimum absolute atomic E-state index is 0.0105. The third-order valence-corrected chi connectivity index (χ3v) is 5.10. The maximum absolute atomic E-state index is 13.9. The van der Waals surface area contributed by atoms with Crippen LogP contribution in [0.2, 0.25) is 0 Å². The summed E-state index contributed by atoms with van der Waals surface area (Å²) in [6.45, 7) is 1.92. The Hall–Kier alpha value is -3.06. The second kappa shape index (κ2) is 6.92. The zero-order valence-electron chi connectivity index (χ0n) is 14.3. The Labute approximate surface area is 158 Å². The molecule has 2 heterocycles. The van der Waals surface area contributed by atoms with Gasteiger partial charge in [0.25, 0.3) is 0 Å². The minimum Gasteiger partial charge on any atom is -0.505 e. The van der Waals surface area contributed by atoms with Crippen LogP contribution in [0.15, 0.2) is 54.9 Å². The molecule has 4 rings (SSSR count). The Morgan fingerprint density at radius 2 is 1.93 bits per heavy atom. The molecule has 1 atom stereocenters. The molecule has 0 saturated heterocycles. The first-order chi connectivity index (χ1) is 13.0. The molecule has 0 amide bonds. The smallest absolute Gasteiger partial charge is 0.183 e. The van der Waals surface area contributed by atoms with Gasteiger partial charge in [0.05, 0.1) is 6.04 Å². The van der Waals surface area contributed by atoms with Crippen LogP contribution >= 0.6 is 11.3 Å². The van der Waals surface area contributed by atoms with Gasteiger partial charge >= 0.3 is 0 Å². The van der Waals surface area contributed by atoms with Crippen LogP contribution in [0.25, 0.3) is 10.9 Å². The number of anilines is 1. The van der Waals surface area contributed by atoms with E-state index < -0.39 is 17.7 Å². The first-order valence-electron chi connectivity index (χ1n) is 8.23. The molecule has 7 heteroatoms. The standard InChI is InChI=1S/C20H15F2N3OS/c1-11-10-24-20(27-11)25-17(13-5-7-15(21)16(22)9-13)14-6-4-12-3-2-8-23-18(12)19(14)26/h2-10,17,26H,1H3,(H,24,25). The van der Waals surface area contributed by atoms with Crippen molar-refractivity contribution < 1.29 is 13.9 Å². The van der Waals surface area contributed by atoms with Crippen LogP contribution in [0.5, 0.6) is 5.75 Å². The highest BCUT2D eigenvalue weighted by Gasteiger charge is 2.22. The van der Waals surface area contributed by atoms with Crippen molar-refractivity contribution in [1.82, 2.24) is 9.97 Å². The molecule has 0 bridgehead atoms. The third kappa shape index (κ3) is 3.33. The van der Waals surface area contributed by atoms with Gasteiger partial charge in [-0.2, -0.15) is 0 Å². The number of hydrogen-bond acceptors (Lipinski definition) is 5. The zero-order chi connectivity index (χ0) is 19.0. The number of hydrogen-bond donors (Lipinski definition) is 2. The lowest BCUT2D eigenvalue weighted by Crippen LogP contribution is -2.13. The van der Waals surface area contributed by atoms with Gasteiger partial charge in [-0.3, -0.25) is 4.98 Å².